The Hall–Kier alpha value is -2.17. The maximum absolute atomic E-state index is 5.75. The lowest BCUT2D eigenvalue weighted by molar-refractivity contribution is 0.401. The molecule has 1 heterocycles. The van der Waals surface area contributed by atoms with E-state index in [0.29, 0.717) is 5.95 Å². The minimum Gasteiger partial charge on any atom is -0.496 e. The highest BCUT2D eigenvalue weighted by molar-refractivity contribution is 5.71. The summed E-state index contributed by atoms with van der Waals surface area (Å²) in [4.78, 5) is 4.30. The van der Waals surface area contributed by atoms with Gasteiger partial charge in [-0.2, -0.15) is 0 Å². The number of anilines is 1. The topological polar surface area (TPSA) is 62.3 Å². The fourth-order valence-corrected chi connectivity index (χ4v) is 1.86. The van der Waals surface area contributed by atoms with E-state index in [1.165, 1.54) is 0 Å². The molecule has 0 atom stereocenters. The lowest BCUT2D eigenvalue weighted by Crippen LogP contribution is -1.95. The molecule has 2 aromatic rings. The number of hydrogen-bond acceptors (Lipinski definition) is 4. The second kappa shape index (κ2) is 4.60. The van der Waals surface area contributed by atoms with Crippen molar-refractivity contribution in [1.82, 2.24) is 9.55 Å². The van der Waals surface area contributed by atoms with E-state index in [0.717, 1.165) is 28.3 Å². The van der Waals surface area contributed by atoms with Gasteiger partial charge in [-0.1, -0.05) is 0 Å². The van der Waals surface area contributed by atoms with Crippen LogP contribution in [0.25, 0.3) is 11.3 Å². The number of ether oxygens (including phenoxy) is 2. The van der Waals surface area contributed by atoms with Crippen molar-refractivity contribution >= 4 is 5.95 Å². The van der Waals surface area contributed by atoms with Crippen molar-refractivity contribution in [2.75, 3.05) is 20.0 Å². The van der Waals surface area contributed by atoms with Crippen molar-refractivity contribution < 1.29 is 9.47 Å². The first kappa shape index (κ1) is 12.3. The molecule has 1 aromatic heterocycles. The van der Waals surface area contributed by atoms with Crippen LogP contribution in [0.15, 0.2) is 18.3 Å². The van der Waals surface area contributed by atoms with Gasteiger partial charge in [0, 0.05) is 18.8 Å². The fraction of sp³-hybridized carbons (Fsp3) is 0.308. The molecule has 0 bridgehead atoms. The van der Waals surface area contributed by atoms with Gasteiger partial charge in [0.2, 0.25) is 0 Å². The van der Waals surface area contributed by atoms with E-state index in [1.807, 2.05) is 32.3 Å². The first-order valence-corrected chi connectivity index (χ1v) is 5.58. The summed E-state index contributed by atoms with van der Waals surface area (Å²) in [5, 5.41) is 0. The molecular formula is C13H17N3O2. The first-order chi connectivity index (χ1) is 8.56. The van der Waals surface area contributed by atoms with Crippen LogP contribution in [-0.4, -0.2) is 23.8 Å². The van der Waals surface area contributed by atoms with Gasteiger partial charge in [0.05, 0.1) is 19.9 Å². The van der Waals surface area contributed by atoms with Crippen molar-refractivity contribution in [3.05, 3.63) is 23.9 Å². The van der Waals surface area contributed by atoms with Crippen LogP contribution in [0.1, 0.15) is 5.56 Å². The molecule has 2 N–H and O–H groups in total. The third kappa shape index (κ3) is 1.99. The van der Waals surface area contributed by atoms with Gasteiger partial charge in [-0.3, -0.25) is 0 Å². The van der Waals surface area contributed by atoms with Crippen molar-refractivity contribution in [2.45, 2.75) is 6.92 Å². The third-order valence-electron chi connectivity index (χ3n) is 2.91. The molecule has 18 heavy (non-hydrogen) atoms. The van der Waals surface area contributed by atoms with Crippen molar-refractivity contribution in [1.29, 1.82) is 0 Å². The van der Waals surface area contributed by atoms with Crippen LogP contribution < -0.4 is 15.2 Å². The largest absolute Gasteiger partial charge is 0.496 e. The highest BCUT2D eigenvalue weighted by Crippen LogP contribution is 2.35. The summed E-state index contributed by atoms with van der Waals surface area (Å²) in [5.41, 5.74) is 8.40. The molecule has 0 amide bonds. The Labute approximate surface area is 106 Å². The first-order valence-electron chi connectivity index (χ1n) is 5.58. The summed E-state index contributed by atoms with van der Waals surface area (Å²) < 4.78 is 12.5. The molecule has 0 fully saturated rings. The number of rotatable bonds is 3. The minimum atomic E-state index is 0.464. The predicted molar refractivity (Wildman–Crippen MR) is 70.9 cm³/mol. The highest BCUT2D eigenvalue weighted by Gasteiger charge is 2.13. The summed E-state index contributed by atoms with van der Waals surface area (Å²) in [6.45, 7) is 1.97. The molecule has 0 saturated carbocycles. The van der Waals surface area contributed by atoms with Crippen LogP contribution in [0.5, 0.6) is 11.5 Å². The third-order valence-corrected chi connectivity index (χ3v) is 2.91. The fourth-order valence-electron chi connectivity index (χ4n) is 1.86. The van der Waals surface area contributed by atoms with E-state index >= 15 is 0 Å². The monoisotopic (exact) mass is 247 g/mol. The van der Waals surface area contributed by atoms with Crippen LogP contribution in [-0.2, 0) is 7.05 Å². The Morgan fingerprint density at radius 2 is 1.83 bits per heavy atom. The number of imidazole rings is 1. The van der Waals surface area contributed by atoms with Crippen molar-refractivity contribution in [3.63, 3.8) is 0 Å². The van der Waals surface area contributed by atoms with Crippen LogP contribution in [0.2, 0.25) is 0 Å². The number of nitrogen functional groups attached to an aromatic ring is 1. The Morgan fingerprint density at radius 3 is 2.33 bits per heavy atom. The number of benzene rings is 1. The van der Waals surface area contributed by atoms with E-state index in [9.17, 15) is 0 Å². The maximum Gasteiger partial charge on any atom is 0.200 e. The second-order valence-corrected chi connectivity index (χ2v) is 4.12. The Bertz CT molecular complexity index is 556. The predicted octanol–water partition coefficient (Wildman–Crippen LogP) is 1.99. The standard InChI is InChI=1S/C13H17N3O2/c1-8-5-12(18-4)9(6-11(8)17-3)10-7-16(2)13(14)15-10/h5-7H,1-4H3,(H2,14,15). The van der Waals surface area contributed by atoms with Gasteiger partial charge in [0.25, 0.3) is 0 Å². The quantitative estimate of drug-likeness (QED) is 0.901. The number of hydrogen-bond donors (Lipinski definition) is 1. The number of methoxy groups -OCH3 is 2. The number of aromatic nitrogens is 2. The van der Waals surface area contributed by atoms with E-state index in [1.54, 1.807) is 18.8 Å². The molecule has 5 heteroatoms. The summed E-state index contributed by atoms with van der Waals surface area (Å²) in [7, 11) is 5.13. The molecule has 0 unspecified atom stereocenters. The van der Waals surface area contributed by atoms with Gasteiger partial charge in [-0.25, -0.2) is 4.98 Å². The van der Waals surface area contributed by atoms with E-state index in [-0.39, 0.29) is 0 Å². The van der Waals surface area contributed by atoms with Crippen LogP contribution in [0.4, 0.5) is 5.95 Å². The zero-order valence-electron chi connectivity index (χ0n) is 11.0. The average Bonchev–Trinajstić information content (AvgIpc) is 2.69. The molecule has 0 spiro atoms. The zero-order chi connectivity index (χ0) is 13.3. The van der Waals surface area contributed by atoms with Crippen molar-refractivity contribution in [2.24, 2.45) is 7.05 Å². The smallest absolute Gasteiger partial charge is 0.200 e. The molecule has 0 saturated heterocycles. The van der Waals surface area contributed by atoms with Crippen LogP contribution >= 0.6 is 0 Å². The van der Waals surface area contributed by atoms with E-state index in [2.05, 4.69) is 4.98 Å². The van der Waals surface area contributed by atoms with Crippen molar-refractivity contribution in [3.8, 4) is 22.8 Å². The molecular weight excluding hydrogens is 230 g/mol. The zero-order valence-corrected chi connectivity index (χ0v) is 11.0. The summed E-state index contributed by atoms with van der Waals surface area (Å²) in [6.07, 6.45) is 1.86. The summed E-state index contributed by atoms with van der Waals surface area (Å²) >= 11 is 0. The van der Waals surface area contributed by atoms with Gasteiger partial charge < -0.3 is 19.8 Å². The van der Waals surface area contributed by atoms with E-state index < -0.39 is 0 Å². The Kier molecular flexibility index (Phi) is 3.14. The molecule has 2 rings (SSSR count). The van der Waals surface area contributed by atoms with Crippen LogP contribution in [0, 0.1) is 6.92 Å². The molecule has 1 aromatic carbocycles. The molecule has 0 radical (unpaired) electrons. The lowest BCUT2D eigenvalue weighted by atomic mass is 10.1. The maximum atomic E-state index is 5.75. The molecule has 0 aliphatic heterocycles. The summed E-state index contributed by atoms with van der Waals surface area (Å²) in [6, 6.07) is 3.84. The second-order valence-electron chi connectivity index (χ2n) is 4.12. The normalized spacial score (nSPS) is 10.4. The number of nitrogens with zero attached hydrogens (tertiary/aromatic N) is 2. The van der Waals surface area contributed by atoms with Gasteiger partial charge >= 0.3 is 0 Å². The van der Waals surface area contributed by atoms with E-state index in [4.69, 9.17) is 15.2 Å². The van der Waals surface area contributed by atoms with Gasteiger partial charge in [-0.15, -0.1) is 0 Å². The average molecular weight is 247 g/mol. The molecule has 96 valence electrons. The highest BCUT2D eigenvalue weighted by atomic mass is 16.5. The van der Waals surface area contributed by atoms with Crippen LogP contribution in [0.3, 0.4) is 0 Å². The molecule has 5 nitrogen and oxygen atoms in total. The SMILES string of the molecule is COc1cc(-c2cn(C)c(N)n2)c(OC)cc1C. The minimum absolute atomic E-state index is 0.464. The lowest BCUT2D eigenvalue weighted by Gasteiger charge is -2.11. The molecule has 0 aliphatic rings. The Morgan fingerprint density at radius 1 is 1.17 bits per heavy atom. The summed E-state index contributed by atoms with van der Waals surface area (Å²) in [5.74, 6) is 2.02. The number of aryl methyl sites for hydroxylation is 2. The van der Waals surface area contributed by atoms with Gasteiger partial charge in [0.15, 0.2) is 5.95 Å². The Balaban J connectivity index is 2.61. The van der Waals surface area contributed by atoms with Gasteiger partial charge in [0.1, 0.15) is 11.5 Å². The molecule has 0 aliphatic carbocycles. The number of nitrogens with two attached hydrogens (primary N) is 1. The van der Waals surface area contributed by atoms with Gasteiger partial charge in [-0.05, 0) is 24.6 Å².